The van der Waals surface area contributed by atoms with Crippen molar-refractivity contribution in [1.29, 1.82) is 0 Å². The number of aromatic nitrogens is 3. The SMILES string of the molecule is c1ccc(-c2cc3cc4cc(-c5ccccc5)c(-c5ccccc5)nc4nc3nc2-c2ccccc2)cc1. The second-order valence-electron chi connectivity index (χ2n) is 9.31. The summed E-state index contributed by atoms with van der Waals surface area (Å²) in [7, 11) is 0. The van der Waals surface area contributed by atoms with E-state index in [0.717, 1.165) is 55.5 Å². The first-order chi connectivity index (χ1) is 18.8. The van der Waals surface area contributed by atoms with Crippen molar-refractivity contribution in [2.45, 2.75) is 0 Å². The van der Waals surface area contributed by atoms with E-state index >= 15 is 0 Å². The van der Waals surface area contributed by atoms with Crippen molar-refractivity contribution in [1.82, 2.24) is 15.0 Å². The highest BCUT2D eigenvalue weighted by atomic mass is 14.9. The van der Waals surface area contributed by atoms with Gasteiger partial charge in [-0.1, -0.05) is 121 Å². The molecule has 0 bridgehead atoms. The quantitative estimate of drug-likeness (QED) is 0.234. The topological polar surface area (TPSA) is 38.7 Å². The lowest BCUT2D eigenvalue weighted by atomic mass is 9.96. The molecule has 0 unspecified atom stereocenters. The Labute approximate surface area is 221 Å². The largest absolute Gasteiger partial charge is 0.227 e. The van der Waals surface area contributed by atoms with Gasteiger partial charge >= 0.3 is 0 Å². The lowest BCUT2D eigenvalue weighted by Gasteiger charge is -2.14. The van der Waals surface area contributed by atoms with Crippen LogP contribution in [-0.2, 0) is 0 Å². The molecule has 3 aromatic heterocycles. The minimum absolute atomic E-state index is 0.690. The summed E-state index contributed by atoms with van der Waals surface area (Å²) in [6.45, 7) is 0. The summed E-state index contributed by atoms with van der Waals surface area (Å²) in [5, 5.41) is 1.98. The normalized spacial score (nSPS) is 11.2. The fourth-order valence-electron chi connectivity index (χ4n) is 5.01. The lowest BCUT2D eigenvalue weighted by Crippen LogP contribution is -1.97. The van der Waals surface area contributed by atoms with Crippen LogP contribution in [0, 0.1) is 0 Å². The molecule has 0 spiro atoms. The Kier molecular flexibility index (Phi) is 5.45. The monoisotopic (exact) mass is 485 g/mol. The molecule has 0 N–H and O–H groups in total. The number of hydrogen-bond acceptors (Lipinski definition) is 3. The molecule has 0 atom stereocenters. The third-order valence-electron chi connectivity index (χ3n) is 6.85. The standard InChI is InChI=1S/C35H23N3/c1-5-13-24(14-6-1)30-22-28-21-29-23-31(25-15-7-2-8-16-25)33(27-19-11-4-12-20-27)37-35(29)38-34(28)36-32(30)26-17-9-3-10-18-26/h1-23H. The molecule has 0 aliphatic rings. The second-order valence-corrected chi connectivity index (χ2v) is 9.31. The van der Waals surface area contributed by atoms with Crippen LogP contribution in [0.3, 0.4) is 0 Å². The first kappa shape index (κ1) is 22.1. The van der Waals surface area contributed by atoms with E-state index in [1.807, 2.05) is 48.5 Å². The number of nitrogens with zero attached hydrogens (tertiary/aromatic N) is 3. The molecule has 0 aliphatic heterocycles. The Bertz CT molecular complexity index is 1600. The van der Waals surface area contributed by atoms with Crippen molar-refractivity contribution >= 4 is 22.1 Å². The first-order valence-electron chi connectivity index (χ1n) is 12.7. The molecule has 0 saturated carbocycles. The van der Waals surface area contributed by atoms with Crippen LogP contribution in [0.25, 0.3) is 66.8 Å². The second kappa shape index (κ2) is 9.38. The summed E-state index contributed by atoms with van der Waals surface area (Å²) >= 11 is 0. The van der Waals surface area contributed by atoms with Crippen molar-refractivity contribution in [3.8, 4) is 44.8 Å². The average molecular weight is 486 g/mol. The number of benzene rings is 4. The van der Waals surface area contributed by atoms with Gasteiger partial charge in [-0.3, -0.25) is 0 Å². The van der Waals surface area contributed by atoms with Crippen molar-refractivity contribution < 1.29 is 0 Å². The smallest absolute Gasteiger partial charge is 0.162 e. The van der Waals surface area contributed by atoms with Gasteiger partial charge in [0.2, 0.25) is 0 Å². The summed E-state index contributed by atoms with van der Waals surface area (Å²) < 4.78 is 0. The third-order valence-corrected chi connectivity index (χ3v) is 6.85. The minimum atomic E-state index is 0.690. The third kappa shape index (κ3) is 4.00. The lowest BCUT2D eigenvalue weighted by molar-refractivity contribution is 1.27. The molecule has 38 heavy (non-hydrogen) atoms. The highest BCUT2D eigenvalue weighted by Gasteiger charge is 2.16. The van der Waals surface area contributed by atoms with Crippen LogP contribution in [0.5, 0.6) is 0 Å². The van der Waals surface area contributed by atoms with Crippen LogP contribution >= 0.6 is 0 Å². The number of fused-ring (bicyclic) bond motifs is 2. The molecule has 4 aromatic carbocycles. The molecule has 0 amide bonds. The molecule has 0 fully saturated rings. The minimum Gasteiger partial charge on any atom is -0.227 e. The van der Waals surface area contributed by atoms with E-state index in [1.165, 1.54) is 0 Å². The Morgan fingerprint density at radius 3 is 1.03 bits per heavy atom. The fourth-order valence-corrected chi connectivity index (χ4v) is 5.01. The van der Waals surface area contributed by atoms with E-state index in [0.29, 0.717) is 11.3 Å². The number of pyridine rings is 3. The summed E-state index contributed by atoms with van der Waals surface area (Å²) in [5.41, 5.74) is 9.77. The average Bonchev–Trinajstić information content (AvgIpc) is 3.00. The zero-order valence-corrected chi connectivity index (χ0v) is 20.6. The van der Waals surface area contributed by atoms with Gasteiger partial charge in [0.25, 0.3) is 0 Å². The molecule has 3 heteroatoms. The van der Waals surface area contributed by atoms with Crippen LogP contribution in [0.4, 0.5) is 0 Å². The molecule has 7 aromatic rings. The van der Waals surface area contributed by atoms with Gasteiger partial charge in [-0.15, -0.1) is 0 Å². The summed E-state index contributed by atoms with van der Waals surface area (Å²) in [4.78, 5) is 15.2. The van der Waals surface area contributed by atoms with E-state index < -0.39 is 0 Å². The summed E-state index contributed by atoms with van der Waals surface area (Å²) in [5.74, 6) is 0. The Hall–Kier alpha value is -5.15. The highest BCUT2D eigenvalue weighted by molar-refractivity contribution is 5.98. The molecule has 0 aliphatic carbocycles. The zero-order chi connectivity index (χ0) is 25.3. The maximum absolute atomic E-state index is 5.10. The van der Waals surface area contributed by atoms with Crippen molar-refractivity contribution in [2.75, 3.05) is 0 Å². The van der Waals surface area contributed by atoms with E-state index in [1.54, 1.807) is 0 Å². The molecule has 7 rings (SSSR count). The Morgan fingerprint density at radius 1 is 0.316 bits per heavy atom. The van der Waals surface area contributed by atoms with E-state index in [4.69, 9.17) is 15.0 Å². The van der Waals surface area contributed by atoms with Gasteiger partial charge in [-0.05, 0) is 29.3 Å². The van der Waals surface area contributed by atoms with Crippen LogP contribution in [0.15, 0.2) is 140 Å². The van der Waals surface area contributed by atoms with Crippen LogP contribution in [0.2, 0.25) is 0 Å². The van der Waals surface area contributed by atoms with Gasteiger partial charge in [0.1, 0.15) is 0 Å². The van der Waals surface area contributed by atoms with Gasteiger partial charge in [0, 0.05) is 33.0 Å². The maximum Gasteiger partial charge on any atom is 0.162 e. The van der Waals surface area contributed by atoms with Gasteiger partial charge in [0.05, 0.1) is 11.4 Å². The van der Waals surface area contributed by atoms with Gasteiger partial charge in [-0.2, -0.15) is 0 Å². The van der Waals surface area contributed by atoms with Gasteiger partial charge in [-0.25, -0.2) is 15.0 Å². The number of hydrogen-bond donors (Lipinski definition) is 0. The molecule has 3 heterocycles. The Balaban J connectivity index is 1.51. The fraction of sp³-hybridized carbons (Fsp3) is 0. The van der Waals surface area contributed by atoms with Crippen LogP contribution < -0.4 is 0 Å². The molecule has 178 valence electrons. The predicted octanol–water partition coefficient (Wildman–Crippen LogP) is 8.85. The predicted molar refractivity (Wildman–Crippen MR) is 157 cm³/mol. The first-order valence-corrected chi connectivity index (χ1v) is 12.7. The molecular formula is C35H23N3. The van der Waals surface area contributed by atoms with E-state index in [9.17, 15) is 0 Å². The number of rotatable bonds is 4. The molecule has 0 radical (unpaired) electrons. The van der Waals surface area contributed by atoms with Gasteiger partial charge < -0.3 is 0 Å². The van der Waals surface area contributed by atoms with Crippen molar-refractivity contribution in [3.63, 3.8) is 0 Å². The Morgan fingerprint density at radius 2 is 0.658 bits per heavy atom. The summed E-state index contributed by atoms with van der Waals surface area (Å²) in [6.07, 6.45) is 0. The molecular weight excluding hydrogens is 462 g/mol. The summed E-state index contributed by atoms with van der Waals surface area (Å²) in [6, 6.07) is 48.0. The molecule has 3 nitrogen and oxygen atoms in total. The molecule has 0 saturated heterocycles. The highest BCUT2D eigenvalue weighted by Crippen LogP contribution is 2.36. The van der Waals surface area contributed by atoms with Crippen LogP contribution in [-0.4, -0.2) is 15.0 Å². The van der Waals surface area contributed by atoms with E-state index in [-0.39, 0.29) is 0 Å². The van der Waals surface area contributed by atoms with E-state index in [2.05, 4.69) is 91.0 Å². The van der Waals surface area contributed by atoms with Crippen molar-refractivity contribution in [3.05, 3.63) is 140 Å². The van der Waals surface area contributed by atoms with Crippen molar-refractivity contribution in [2.24, 2.45) is 0 Å². The zero-order valence-electron chi connectivity index (χ0n) is 20.6. The maximum atomic E-state index is 5.10. The van der Waals surface area contributed by atoms with Gasteiger partial charge in [0.15, 0.2) is 11.3 Å². The van der Waals surface area contributed by atoms with Crippen LogP contribution in [0.1, 0.15) is 0 Å².